The Bertz CT molecular complexity index is 710. The predicted molar refractivity (Wildman–Crippen MR) is 93.9 cm³/mol. The Kier molecular flexibility index (Phi) is 5.14. The van der Waals surface area contributed by atoms with E-state index in [0.717, 1.165) is 0 Å². The van der Waals surface area contributed by atoms with Gasteiger partial charge in [0.15, 0.2) is 0 Å². The molecule has 1 aromatic rings. The van der Waals surface area contributed by atoms with Gasteiger partial charge in [-0.2, -0.15) is 0 Å². The Labute approximate surface area is 155 Å². The summed E-state index contributed by atoms with van der Waals surface area (Å²) in [7, 11) is 0. The number of benzene rings is 1. The lowest BCUT2D eigenvalue weighted by molar-refractivity contribution is -0.154. The Morgan fingerprint density at radius 3 is 2.76 bits per heavy atom. The van der Waals surface area contributed by atoms with Crippen molar-refractivity contribution in [1.29, 1.82) is 0 Å². The number of phenolic OH excluding ortho intramolecular Hbond substituents is 1. The first-order chi connectivity index (χ1) is 11.8. The highest BCUT2D eigenvalue weighted by molar-refractivity contribution is 6.42. The molecule has 0 radical (unpaired) electrons. The Morgan fingerprint density at radius 2 is 2.08 bits per heavy atom. The maximum atomic E-state index is 12.4. The van der Waals surface area contributed by atoms with Crippen LogP contribution in [0.2, 0.25) is 10.0 Å². The van der Waals surface area contributed by atoms with Crippen LogP contribution in [0.4, 0.5) is 0 Å². The van der Waals surface area contributed by atoms with Gasteiger partial charge in [-0.1, -0.05) is 23.2 Å². The number of piperidine rings is 1. The van der Waals surface area contributed by atoms with E-state index >= 15 is 0 Å². The molecule has 0 bridgehead atoms. The molecule has 3 rings (SSSR count). The van der Waals surface area contributed by atoms with E-state index in [2.05, 4.69) is 0 Å². The lowest BCUT2D eigenvalue weighted by atomic mass is 9.83. The number of hydrogen-bond acceptors (Lipinski definition) is 4. The van der Waals surface area contributed by atoms with Crippen LogP contribution in [0.25, 0.3) is 0 Å². The summed E-state index contributed by atoms with van der Waals surface area (Å²) in [5.41, 5.74) is 0.597. The molecule has 25 heavy (non-hydrogen) atoms. The number of phenols is 1. The molecule has 0 spiro atoms. The molecule has 2 saturated heterocycles. The average molecular weight is 387 g/mol. The molecule has 2 heterocycles. The largest absolute Gasteiger partial charge is 0.508 e. The number of carbonyl (C=O) groups is 2. The van der Waals surface area contributed by atoms with Crippen molar-refractivity contribution in [2.45, 2.75) is 37.8 Å². The smallest absolute Gasteiger partial charge is 0.251 e. The van der Waals surface area contributed by atoms with E-state index < -0.39 is 12.0 Å². The van der Waals surface area contributed by atoms with Gasteiger partial charge >= 0.3 is 0 Å². The zero-order valence-electron chi connectivity index (χ0n) is 13.8. The molecule has 6 nitrogen and oxygen atoms in total. The van der Waals surface area contributed by atoms with E-state index in [0.29, 0.717) is 41.5 Å². The zero-order chi connectivity index (χ0) is 18.3. The van der Waals surface area contributed by atoms with Gasteiger partial charge in [0.1, 0.15) is 11.9 Å². The van der Waals surface area contributed by atoms with Gasteiger partial charge in [0, 0.05) is 24.7 Å². The molecular weight excluding hydrogens is 367 g/mol. The topological polar surface area (TPSA) is 81.1 Å². The van der Waals surface area contributed by atoms with E-state index in [4.69, 9.17) is 23.2 Å². The van der Waals surface area contributed by atoms with Gasteiger partial charge in [-0.3, -0.25) is 9.59 Å². The van der Waals surface area contributed by atoms with E-state index in [1.54, 1.807) is 11.0 Å². The molecule has 0 aliphatic carbocycles. The zero-order valence-corrected chi connectivity index (χ0v) is 15.3. The molecule has 1 aromatic carbocycles. The fraction of sp³-hybridized carbons (Fsp3) is 0.529. The minimum atomic E-state index is -1.13. The van der Waals surface area contributed by atoms with Crippen LogP contribution in [0, 0.1) is 0 Å². The second-order valence-electron chi connectivity index (χ2n) is 6.65. The Morgan fingerprint density at radius 1 is 1.36 bits per heavy atom. The number of nitrogens with zero attached hydrogens (tertiary/aromatic N) is 2. The summed E-state index contributed by atoms with van der Waals surface area (Å²) in [6, 6.07) is 2.90. The quantitative estimate of drug-likeness (QED) is 0.814. The molecule has 0 aromatic heterocycles. The molecule has 2 amide bonds. The fourth-order valence-electron chi connectivity index (χ4n) is 3.76. The summed E-state index contributed by atoms with van der Waals surface area (Å²) in [6.45, 7) is 2.29. The van der Waals surface area contributed by atoms with Gasteiger partial charge < -0.3 is 20.0 Å². The van der Waals surface area contributed by atoms with Crippen molar-refractivity contribution in [3.05, 3.63) is 27.7 Å². The standard InChI is InChI=1S/C17H20Cl2N2O4/c1-9(22)17(25)20-7-11-6-10(4-5-21(11)14(24)8-20)15-13(23)3-2-12(18)16(15)19/h2-3,9-11,22-23H,4-8H2,1H3/t9-,10+,11-/m0/s1. The highest BCUT2D eigenvalue weighted by Crippen LogP contribution is 2.43. The lowest BCUT2D eigenvalue weighted by Gasteiger charge is -2.46. The summed E-state index contributed by atoms with van der Waals surface area (Å²) in [4.78, 5) is 27.6. The molecule has 0 saturated carbocycles. The number of fused-ring (bicyclic) bond motifs is 1. The summed E-state index contributed by atoms with van der Waals surface area (Å²) in [5, 5.41) is 20.4. The van der Waals surface area contributed by atoms with Crippen LogP contribution in [0.5, 0.6) is 5.75 Å². The minimum Gasteiger partial charge on any atom is -0.508 e. The molecule has 2 fully saturated rings. The van der Waals surface area contributed by atoms with Crippen LogP contribution in [0.15, 0.2) is 12.1 Å². The summed E-state index contributed by atoms with van der Waals surface area (Å²) < 4.78 is 0. The maximum absolute atomic E-state index is 12.4. The van der Waals surface area contributed by atoms with Gasteiger partial charge in [-0.05, 0) is 37.8 Å². The molecule has 2 N–H and O–H groups in total. The van der Waals surface area contributed by atoms with E-state index in [-0.39, 0.29) is 30.2 Å². The molecular formula is C17H20Cl2N2O4. The van der Waals surface area contributed by atoms with Crippen LogP contribution in [0.3, 0.4) is 0 Å². The van der Waals surface area contributed by atoms with Crippen LogP contribution < -0.4 is 0 Å². The first kappa shape index (κ1) is 18.3. The first-order valence-electron chi connectivity index (χ1n) is 8.22. The van der Waals surface area contributed by atoms with Crippen LogP contribution >= 0.6 is 23.2 Å². The molecule has 3 atom stereocenters. The van der Waals surface area contributed by atoms with E-state index in [9.17, 15) is 19.8 Å². The van der Waals surface area contributed by atoms with Crippen LogP contribution in [0.1, 0.15) is 31.2 Å². The third kappa shape index (κ3) is 3.43. The summed E-state index contributed by atoms with van der Waals surface area (Å²) in [6.07, 6.45) is 0.105. The summed E-state index contributed by atoms with van der Waals surface area (Å²) in [5.74, 6) is -0.530. The predicted octanol–water partition coefficient (Wildman–Crippen LogP) is 2.00. The van der Waals surface area contributed by atoms with Crippen molar-refractivity contribution in [3.63, 3.8) is 0 Å². The number of aliphatic hydroxyl groups is 1. The minimum absolute atomic E-state index is 0.00588. The number of piperazine rings is 1. The average Bonchev–Trinajstić information content (AvgIpc) is 2.57. The molecule has 8 heteroatoms. The van der Waals surface area contributed by atoms with Crippen molar-refractivity contribution in [2.75, 3.05) is 19.6 Å². The van der Waals surface area contributed by atoms with Crippen molar-refractivity contribution in [1.82, 2.24) is 9.80 Å². The number of carbonyl (C=O) groups excluding carboxylic acids is 2. The van der Waals surface area contributed by atoms with Crippen LogP contribution in [-0.4, -0.2) is 63.6 Å². The molecule has 2 aliphatic rings. The Hall–Kier alpha value is -1.50. The van der Waals surface area contributed by atoms with Crippen molar-refractivity contribution < 1.29 is 19.8 Å². The lowest BCUT2D eigenvalue weighted by Crippen LogP contribution is -2.61. The fourth-order valence-corrected chi connectivity index (χ4v) is 4.24. The van der Waals surface area contributed by atoms with Crippen molar-refractivity contribution in [2.24, 2.45) is 0 Å². The van der Waals surface area contributed by atoms with Gasteiger partial charge in [-0.15, -0.1) is 0 Å². The molecule has 0 unspecified atom stereocenters. The van der Waals surface area contributed by atoms with E-state index in [1.165, 1.54) is 17.9 Å². The number of halogens is 2. The number of amides is 2. The highest BCUT2D eigenvalue weighted by Gasteiger charge is 2.40. The second-order valence-corrected chi connectivity index (χ2v) is 7.44. The highest BCUT2D eigenvalue weighted by atomic mass is 35.5. The van der Waals surface area contributed by atoms with Crippen molar-refractivity contribution in [3.8, 4) is 5.75 Å². The third-order valence-electron chi connectivity index (χ3n) is 4.98. The SMILES string of the molecule is C[C@H](O)C(=O)N1CC(=O)N2CC[C@@H](c3c(O)ccc(Cl)c3Cl)C[C@H]2C1. The Balaban J connectivity index is 1.83. The summed E-state index contributed by atoms with van der Waals surface area (Å²) >= 11 is 12.4. The van der Waals surface area contributed by atoms with Gasteiger partial charge in [0.25, 0.3) is 5.91 Å². The molecule has 2 aliphatic heterocycles. The number of rotatable bonds is 2. The normalized spacial score (nSPS) is 24.9. The van der Waals surface area contributed by atoms with Gasteiger partial charge in [-0.25, -0.2) is 0 Å². The van der Waals surface area contributed by atoms with Gasteiger partial charge in [0.05, 0.1) is 16.6 Å². The van der Waals surface area contributed by atoms with Gasteiger partial charge in [0.2, 0.25) is 5.91 Å². The first-order valence-corrected chi connectivity index (χ1v) is 8.98. The molecule has 136 valence electrons. The monoisotopic (exact) mass is 386 g/mol. The third-order valence-corrected chi connectivity index (χ3v) is 5.80. The van der Waals surface area contributed by atoms with Crippen molar-refractivity contribution >= 4 is 35.0 Å². The maximum Gasteiger partial charge on any atom is 0.251 e. The number of aliphatic hydroxyl groups excluding tert-OH is 1. The van der Waals surface area contributed by atoms with E-state index in [1.807, 2.05) is 0 Å². The van der Waals surface area contributed by atoms with Crippen LogP contribution in [-0.2, 0) is 9.59 Å². The number of aromatic hydroxyl groups is 1. The second kappa shape index (κ2) is 7.02. The number of hydrogen-bond donors (Lipinski definition) is 2.